The van der Waals surface area contributed by atoms with Gasteiger partial charge in [0.1, 0.15) is 42.3 Å². The van der Waals surface area contributed by atoms with Crippen LogP contribution in [0.4, 0.5) is 0 Å². The van der Waals surface area contributed by atoms with E-state index in [1.165, 1.54) is 27.7 Å². The van der Waals surface area contributed by atoms with E-state index < -0.39 is 120 Å². The van der Waals surface area contributed by atoms with Crippen molar-refractivity contribution < 1.29 is 53.4 Å². The Morgan fingerprint density at radius 1 is 0.525 bits per heavy atom. The highest BCUT2D eigenvalue weighted by Crippen LogP contribution is 2.10. The predicted octanol–water partition coefficient (Wildman–Crippen LogP) is -2.77. The Morgan fingerprint density at radius 3 is 1.42 bits per heavy atom. The summed E-state index contributed by atoms with van der Waals surface area (Å²) in [4.78, 5) is 115. The summed E-state index contributed by atoms with van der Waals surface area (Å²) in [5.74, 6) is -7.75. The third kappa shape index (κ3) is 21.1. The Hall–Kier alpha value is -4.89. The Kier molecular flexibility index (Phi) is 24.7. The third-order valence-electron chi connectivity index (χ3n) is 8.91. The molecule has 8 amide bonds. The van der Waals surface area contributed by atoms with Gasteiger partial charge in [-0.1, -0.05) is 41.5 Å². The van der Waals surface area contributed by atoms with Gasteiger partial charge in [-0.2, -0.15) is 0 Å². The van der Waals surface area contributed by atoms with Crippen LogP contribution in [0.25, 0.3) is 0 Å². The van der Waals surface area contributed by atoms with Crippen molar-refractivity contribution in [1.82, 2.24) is 42.5 Å². The van der Waals surface area contributed by atoms with Crippen LogP contribution in [0.5, 0.6) is 0 Å². The zero-order valence-electron chi connectivity index (χ0n) is 36.1. The fourth-order valence-electron chi connectivity index (χ4n) is 5.50. The number of carboxylic acids is 1. The molecule has 9 unspecified atom stereocenters. The van der Waals surface area contributed by atoms with Gasteiger partial charge in [-0.3, -0.25) is 38.4 Å². The normalized spacial score (nSPS) is 15.9. The van der Waals surface area contributed by atoms with E-state index in [4.69, 9.17) is 11.5 Å². The van der Waals surface area contributed by atoms with Crippen LogP contribution in [0.3, 0.4) is 0 Å². The topological polar surface area (TPSA) is 342 Å². The van der Waals surface area contributed by atoms with E-state index in [1.54, 1.807) is 13.8 Å². The molecule has 9 atom stereocenters. The Morgan fingerprint density at radius 2 is 0.983 bits per heavy atom. The average molecular weight is 843 g/mol. The molecule has 0 fully saturated rings. The van der Waals surface area contributed by atoms with Gasteiger partial charge in [0.15, 0.2) is 0 Å². The number of aliphatic hydroxyl groups excluding tert-OH is 1. The zero-order valence-corrected chi connectivity index (χ0v) is 36.1. The highest BCUT2D eigenvalue weighted by molar-refractivity contribution is 5.97. The standard InChI is InChI=1S/C38H70N10O11/c1-18(2)15-26(46-35(55)27(16-19(3)4)45-31(51)21(7)40)34(54)43-23(9)33(53)47-29(20(5)6)36(56)41-17-28(50)42-22(8)32(52)48-30(24(10)49)37(57)44-25(38(58)59)13-11-12-14-39/h18-27,29-30,49H,11-17,39-40H2,1-10H3,(H,41,56)(H,42,50)(H,43,54)(H,44,57)(H,45,51)(H,46,55)(H,47,53)(H,48,52)(H,58,59). The number of nitrogens with two attached hydrogens (primary N) is 2. The summed E-state index contributed by atoms with van der Waals surface area (Å²) in [6, 6.07) is -9.33. The molecular weight excluding hydrogens is 772 g/mol. The number of rotatable bonds is 27. The highest BCUT2D eigenvalue weighted by Gasteiger charge is 2.33. The van der Waals surface area contributed by atoms with Crippen LogP contribution in [0.1, 0.15) is 101 Å². The van der Waals surface area contributed by atoms with Gasteiger partial charge < -0.3 is 64.2 Å². The zero-order chi connectivity index (χ0) is 45.7. The molecule has 59 heavy (non-hydrogen) atoms. The molecule has 0 aromatic heterocycles. The van der Waals surface area contributed by atoms with Crippen LogP contribution in [-0.4, -0.2) is 131 Å². The van der Waals surface area contributed by atoms with Crippen LogP contribution in [-0.2, 0) is 43.2 Å². The molecule has 21 nitrogen and oxygen atoms in total. The van der Waals surface area contributed by atoms with Crippen LogP contribution in [0.2, 0.25) is 0 Å². The molecule has 0 radical (unpaired) electrons. The predicted molar refractivity (Wildman–Crippen MR) is 217 cm³/mol. The quantitative estimate of drug-likeness (QED) is 0.0373. The van der Waals surface area contributed by atoms with Gasteiger partial charge in [-0.25, -0.2) is 4.79 Å². The lowest BCUT2D eigenvalue weighted by atomic mass is 9.99. The summed E-state index contributed by atoms with van der Waals surface area (Å²) in [5.41, 5.74) is 11.1. The highest BCUT2D eigenvalue weighted by atomic mass is 16.4. The van der Waals surface area contributed by atoms with Crippen molar-refractivity contribution in [1.29, 1.82) is 0 Å². The second kappa shape index (κ2) is 27.0. The lowest BCUT2D eigenvalue weighted by Crippen LogP contribution is -2.59. The summed E-state index contributed by atoms with van der Waals surface area (Å²) in [7, 11) is 0. The molecule has 0 spiro atoms. The van der Waals surface area contributed by atoms with Crippen molar-refractivity contribution >= 4 is 53.2 Å². The molecule has 0 aromatic carbocycles. The van der Waals surface area contributed by atoms with Crippen molar-refractivity contribution in [2.45, 2.75) is 156 Å². The molecule has 0 saturated carbocycles. The third-order valence-corrected chi connectivity index (χ3v) is 8.91. The second-order valence-corrected chi connectivity index (χ2v) is 16.0. The van der Waals surface area contributed by atoms with Crippen LogP contribution < -0.4 is 54.0 Å². The number of carbonyl (C=O) groups excluding carboxylic acids is 8. The second-order valence-electron chi connectivity index (χ2n) is 16.0. The van der Waals surface area contributed by atoms with Gasteiger partial charge in [0.2, 0.25) is 47.3 Å². The SMILES string of the molecule is CC(C)CC(NC(=O)C(C)N)C(=O)NC(CC(C)C)C(=O)NC(C)C(=O)NC(C(=O)NCC(=O)NC(C)C(=O)NC(C(=O)NC(CCCCN)C(=O)O)C(C)O)C(C)C. The number of carbonyl (C=O) groups is 9. The van der Waals surface area contributed by atoms with E-state index >= 15 is 0 Å². The first kappa shape index (κ1) is 54.1. The maximum absolute atomic E-state index is 13.4. The smallest absolute Gasteiger partial charge is 0.326 e. The van der Waals surface area contributed by atoms with Gasteiger partial charge in [0, 0.05) is 0 Å². The Labute approximate surface area is 346 Å². The number of unbranched alkanes of at least 4 members (excludes halogenated alkanes) is 1. The number of hydrogen-bond donors (Lipinski definition) is 12. The summed E-state index contributed by atoms with van der Waals surface area (Å²) in [5, 5.41) is 39.4. The minimum absolute atomic E-state index is 0.0198. The molecule has 338 valence electrons. The molecule has 0 aliphatic heterocycles. The van der Waals surface area contributed by atoms with Crippen LogP contribution in [0.15, 0.2) is 0 Å². The molecular formula is C38H70N10O11. The Bertz CT molecular complexity index is 1440. The van der Waals surface area contributed by atoms with Gasteiger partial charge in [0.25, 0.3) is 0 Å². The first-order valence-electron chi connectivity index (χ1n) is 20.1. The van der Waals surface area contributed by atoms with Gasteiger partial charge >= 0.3 is 5.97 Å². The molecule has 0 aromatic rings. The van der Waals surface area contributed by atoms with Crippen LogP contribution in [0, 0.1) is 17.8 Å². The molecule has 0 heterocycles. The van der Waals surface area contributed by atoms with Crippen molar-refractivity contribution in [2.24, 2.45) is 29.2 Å². The summed E-state index contributed by atoms with van der Waals surface area (Å²) < 4.78 is 0. The number of amides is 8. The molecule has 21 heteroatoms. The molecule has 0 aliphatic carbocycles. The summed E-state index contributed by atoms with van der Waals surface area (Å²) >= 11 is 0. The number of carboxylic acid groups (broad SMARTS) is 1. The molecule has 0 rings (SSSR count). The van der Waals surface area contributed by atoms with Crippen molar-refractivity contribution in [3.8, 4) is 0 Å². The number of aliphatic carboxylic acids is 1. The van der Waals surface area contributed by atoms with Crippen LogP contribution >= 0.6 is 0 Å². The van der Waals surface area contributed by atoms with Gasteiger partial charge in [-0.05, 0) is 84.1 Å². The lowest BCUT2D eigenvalue weighted by molar-refractivity contribution is -0.143. The monoisotopic (exact) mass is 843 g/mol. The van der Waals surface area contributed by atoms with Crippen molar-refractivity contribution in [3.63, 3.8) is 0 Å². The number of hydrogen-bond acceptors (Lipinski definition) is 12. The largest absolute Gasteiger partial charge is 0.480 e. The van der Waals surface area contributed by atoms with E-state index in [1.807, 2.05) is 27.7 Å². The lowest BCUT2D eigenvalue weighted by Gasteiger charge is -2.27. The maximum atomic E-state index is 13.4. The average Bonchev–Trinajstić information content (AvgIpc) is 3.12. The maximum Gasteiger partial charge on any atom is 0.326 e. The first-order chi connectivity index (χ1) is 27.3. The molecule has 0 bridgehead atoms. The summed E-state index contributed by atoms with van der Waals surface area (Å²) in [6.45, 7) is 15.8. The van der Waals surface area contributed by atoms with E-state index in [2.05, 4.69) is 42.5 Å². The summed E-state index contributed by atoms with van der Waals surface area (Å²) in [6.07, 6.45) is 0.0827. The van der Waals surface area contributed by atoms with Crippen molar-refractivity contribution in [3.05, 3.63) is 0 Å². The molecule has 0 aliphatic rings. The minimum atomic E-state index is -1.55. The fourth-order valence-corrected chi connectivity index (χ4v) is 5.50. The fraction of sp³-hybridized carbons (Fsp3) is 0.763. The van der Waals surface area contributed by atoms with E-state index in [0.29, 0.717) is 19.4 Å². The van der Waals surface area contributed by atoms with E-state index in [0.717, 1.165) is 0 Å². The van der Waals surface area contributed by atoms with Gasteiger partial charge in [-0.15, -0.1) is 0 Å². The van der Waals surface area contributed by atoms with E-state index in [9.17, 15) is 53.4 Å². The van der Waals surface area contributed by atoms with Gasteiger partial charge in [0.05, 0.1) is 18.7 Å². The number of aliphatic hydroxyl groups is 1. The van der Waals surface area contributed by atoms with Crippen molar-refractivity contribution in [2.75, 3.05) is 13.1 Å². The molecule has 0 saturated heterocycles. The Balaban J connectivity index is 5.47. The first-order valence-corrected chi connectivity index (χ1v) is 20.1. The van der Waals surface area contributed by atoms with E-state index in [-0.39, 0.29) is 31.1 Å². The molecule has 14 N–H and O–H groups in total. The minimum Gasteiger partial charge on any atom is -0.480 e. The number of nitrogens with one attached hydrogen (secondary N) is 8.